The summed E-state index contributed by atoms with van der Waals surface area (Å²) < 4.78 is 32.4. The van der Waals surface area contributed by atoms with Gasteiger partial charge >= 0.3 is 0 Å². The van der Waals surface area contributed by atoms with Crippen molar-refractivity contribution in [3.05, 3.63) is 15.4 Å². The van der Waals surface area contributed by atoms with Crippen LogP contribution in [-0.2, 0) is 14.8 Å². The second-order valence-corrected chi connectivity index (χ2v) is 8.03. The molecule has 1 heterocycles. The van der Waals surface area contributed by atoms with Gasteiger partial charge in [0.1, 0.15) is 4.21 Å². The summed E-state index contributed by atoms with van der Waals surface area (Å²) >= 11 is 4.54. The van der Waals surface area contributed by atoms with E-state index in [0.717, 1.165) is 9.35 Å². The zero-order valence-electron chi connectivity index (χ0n) is 10.7. The number of rotatable bonds is 8. The van der Waals surface area contributed by atoms with Crippen molar-refractivity contribution in [1.29, 1.82) is 0 Å². The predicted molar refractivity (Wildman–Crippen MR) is 83.9 cm³/mol. The van der Waals surface area contributed by atoms with Crippen LogP contribution in [0.3, 0.4) is 0 Å². The number of aryl methyl sites for hydroxylation is 1. The molecule has 112 valence electrons. The van der Waals surface area contributed by atoms with Crippen LogP contribution in [0, 0.1) is 6.92 Å². The molecular formula is C10H18BrClN2O3S2. The smallest absolute Gasteiger partial charge is 0.250 e. The summed E-state index contributed by atoms with van der Waals surface area (Å²) in [5.74, 6) is 0. The molecule has 0 fully saturated rings. The largest absolute Gasteiger partial charge is 0.383 e. The lowest BCUT2D eigenvalue weighted by atomic mass is 10.4. The molecule has 19 heavy (non-hydrogen) atoms. The predicted octanol–water partition coefficient (Wildman–Crippen LogP) is 1.76. The van der Waals surface area contributed by atoms with Crippen LogP contribution < -0.4 is 10.0 Å². The minimum atomic E-state index is -3.39. The minimum absolute atomic E-state index is 0. The highest BCUT2D eigenvalue weighted by Crippen LogP contribution is 2.30. The van der Waals surface area contributed by atoms with Crippen LogP contribution in [-0.4, -0.2) is 41.8 Å². The van der Waals surface area contributed by atoms with Gasteiger partial charge in [-0.15, -0.1) is 23.7 Å². The lowest BCUT2D eigenvalue weighted by Gasteiger charge is -2.05. The Labute approximate surface area is 132 Å². The molecule has 1 aromatic rings. The molecule has 0 unspecified atom stereocenters. The van der Waals surface area contributed by atoms with Crippen LogP contribution in [0.15, 0.2) is 14.1 Å². The summed E-state index contributed by atoms with van der Waals surface area (Å²) in [6.07, 6.45) is 0. The van der Waals surface area contributed by atoms with Crippen molar-refractivity contribution in [3.8, 4) is 0 Å². The SMILES string of the molecule is COCCNCCNS(=O)(=O)c1cc(C)c(Br)s1.Cl. The van der Waals surface area contributed by atoms with E-state index in [9.17, 15) is 8.42 Å². The van der Waals surface area contributed by atoms with E-state index in [1.54, 1.807) is 13.2 Å². The minimum Gasteiger partial charge on any atom is -0.383 e. The lowest BCUT2D eigenvalue weighted by Crippen LogP contribution is -2.32. The van der Waals surface area contributed by atoms with Crippen LogP contribution in [0.25, 0.3) is 0 Å². The van der Waals surface area contributed by atoms with Crippen molar-refractivity contribution in [1.82, 2.24) is 10.0 Å². The van der Waals surface area contributed by atoms with Gasteiger partial charge in [-0.1, -0.05) is 0 Å². The molecule has 1 aromatic heterocycles. The Hall–Kier alpha value is 0.300. The molecule has 9 heteroatoms. The van der Waals surface area contributed by atoms with Gasteiger partial charge in [-0.2, -0.15) is 0 Å². The van der Waals surface area contributed by atoms with E-state index in [1.807, 2.05) is 6.92 Å². The number of thiophene rings is 1. The summed E-state index contributed by atoms with van der Waals surface area (Å²) in [6.45, 7) is 4.13. The van der Waals surface area contributed by atoms with E-state index in [2.05, 4.69) is 26.0 Å². The lowest BCUT2D eigenvalue weighted by molar-refractivity contribution is 0.199. The van der Waals surface area contributed by atoms with E-state index in [1.165, 1.54) is 11.3 Å². The first-order valence-electron chi connectivity index (χ1n) is 5.42. The van der Waals surface area contributed by atoms with Crippen LogP contribution in [0.1, 0.15) is 5.56 Å². The second kappa shape index (κ2) is 9.28. The van der Waals surface area contributed by atoms with Crippen molar-refractivity contribution in [3.63, 3.8) is 0 Å². The fourth-order valence-electron chi connectivity index (χ4n) is 1.21. The first-order chi connectivity index (χ1) is 8.47. The van der Waals surface area contributed by atoms with Crippen LogP contribution >= 0.6 is 39.7 Å². The van der Waals surface area contributed by atoms with Gasteiger partial charge in [0.15, 0.2) is 0 Å². The van der Waals surface area contributed by atoms with Crippen molar-refractivity contribution in [2.45, 2.75) is 11.1 Å². The van der Waals surface area contributed by atoms with Gasteiger partial charge in [-0.3, -0.25) is 0 Å². The molecule has 1 rings (SSSR count). The Morgan fingerprint density at radius 1 is 1.37 bits per heavy atom. The van der Waals surface area contributed by atoms with E-state index in [4.69, 9.17) is 4.74 Å². The van der Waals surface area contributed by atoms with Crippen LogP contribution in [0.4, 0.5) is 0 Å². The molecule has 5 nitrogen and oxygen atoms in total. The van der Waals surface area contributed by atoms with Gasteiger partial charge in [0.25, 0.3) is 0 Å². The highest BCUT2D eigenvalue weighted by Gasteiger charge is 2.17. The fourth-order valence-corrected chi connectivity index (χ4v) is 4.51. The normalized spacial score (nSPS) is 11.3. The number of halogens is 2. The summed E-state index contributed by atoms with van der Waals surface area (Å²) in [5, 5.41) is 3.07. The number of hydrogen-bond donors (Lipinski definition) is 2. The standard InChI is InChI=1S/C10H17BrN2O3S2.ClH/c1-8-7-9(17-10(8)11)18(14,15)13-4-3-12-5-6-16-2;/h7,12-13H,3-6H2,1-2H3;1H. The first kappa shape index (κ1) is 19.3. The van der Waals surface area contributed by atoms with E-state index < -0.39 is 10.0 Å². The van der Waals surface area contributed by atoms with Crippen molar-refractivity contribution in [2.24, 2.45) is 0 Å². The van der Waals surface area contributed by atoms with Crippen LogP contribution in [0.2, 0.25) is 0 Å². The first-order valence-corrected chi connectivity index (χ1v) is 8.52. The molecule has 0 spiro atoms. The molecule has 0 aliphatic rings. The number of sulfonamides is 1. The van der Waals surface area contributed by atoms with E-state index >= 15 is 0 Å². The van der Waals surface area contributed by atoms with Gasteiger partial charge in [0.2, 0.25) is 10.0 Å². The van der Waals surface area contributed by atoms with Gasteiger partial charge in [-0.05, 0) is 34.5 Å². The molecular weight excluding hydrogens is 376 g/mol. The van der Waals surface area contributed by atoms with E-state index in [0.29, 0.717) is 30.5 Å². The van der Waals surface area contributed by atoms with Crippen molar-refractivity contribution >= 4 is 49.7 Å². The Balaban J connectivity index is 0.00000324. The highest BCUT2D eigenvalue weighted by atomic mass is 79.9. The molecule has 0 bridgehead atoms. The summed E-state index contributed by atoms with van der Waals surface area (Å²) in [4.78, 5) is 0. The third-order valence-corrected chi connectivity index (χ3v) is 6.25. The Bertz CT molecular complexity index is 460. The average molecular weight is 394 g/mol. The monoisotopic (exact) mass is 392 g/mol. The number of methoxy groups -OCH3 is 1. The summed E-state index contributed by atoms with van der Waals surface area (Å²) in [7, 11) is -1.76. The maximum Gasteiger partial charge on any atom is 0.250 e. The van der Waals surface area contributed by atoms with Gasteiger partial charge in [0, 0.05) is 26.7 Å². The van der Waals surface area contributed by atoms with Gasteiger partial charge < -0.3 is 10.1 Å². The van der Waals surface area contributed by atoms with Gasteiger partial charge in [-0.25, -0.2) is 13.1 Å². The van der Waals surface area contributed by atoms with Crippen molar-refractivity contribution < 1.29 is 13.2 Å². The molecule has 0 saturated heterocycles. The average Bonchev–Trinajstić information content (AvgIpc) is 2.65. The molecule has 0 radical (unpaired) electrons. The second-order valence-electron chi connectivity index (χ2n) is 3.66. The zero-order valence-corrected chi connectivity index (χ0v) is 14.8. The Morgan fingerprint density at radius 2 is 2.05 bits per heavy atom. The highest BCUT2D eigenvalue weighted by molar-refractivity contribution is 9.11. The maximum atomic E-state index is 11.9. The Kier molecular flexibility index (Phi) is 9.42. The molecule has 0 atom stereocenters. The molecule has 0 amide bonds. The van der Waals surface area contributed by atoms with Crippen LogP contribution in [0.5, 0.6) is 0 Å². The van der Waals surface area contributed by atoms with Crippen molar-refractivity contribution in [2.75, 3.05) is 33.4 Å². The Morgan fingerprint density at radius 3 is 2.58 bits per heavy atom. The molecule has 0 saturated carbocycles. The topological polar surface area (TPSA) is 67.4 Å². The van der Waals surface area contributed by atoms with E-state index in [-0.39, 0.29) is 12.4 Å². The fraction of sp³-hybridized carbons (Fsp3) is 0.600. The number of hydrogen-bond acceptors (Lipinski definition) is 5. The molecule has 0 aromatic carbocycles. The maximum absolute atomic E-state index is 11.9. The molecule has 2 N–H and O–H groups in total. The number of ether oxygens (including phenoxy) is 1. The third kappa shape index (κ3) is 6.52. The molecule has 0 aliphatic heterocycles. The quantitative estimate of drug-likeness (QED) is 0.660. The number of nitrogens with one attached hydrogen (secondary N) is 2. The third-order valence-electron chi connectivity index (χ3n) is 2.18. The summed E-state index contributed by atoms with van der Waals surface area (Å²) in [6, 6.07) is 1.66. The summed E-state index contributed by atoms with van der Waals surface area (Å²) in [5.41, 5.74) is 0.929. The molecule has 0 aliphatic carbocycles. The van der Waals surface area contributed by atoms with Gasteiger partial charge in [0.05, 0.1) is 10.4 Å². The zero-order chi connectivity index (χ0) is 13.6.